The second-order valence-corrected chi connectivity index (χ2v) is 8.25. The fourth-order valence-corrected chi connectivity index (χ4v) is 3.80. The minimum absolute atomic E-state index is 0.0387. The molecule has 0 aliphatic heterocycles. The van der Waals surface area contributed by atoms with Crippen LogP contribution in [0.4, 0.5) is 5.69 Å². The SMILES string of the molecule is COc1ccc(Cl)cc1NC(=O)C(C)OC(=O)c1cccc2c(=O)c(C)c(-c3ccccc3)oc12. The number of hydrogen-bond donors (Lipinski definition) is 1. The highest BCUT2D eigenvalue weighted by Crippen LogP contribution is 2.29. The third kappa shape index (κ3) is 4.90. The number of para-hydroxylation sites is 1. The Morgan fingerprint density at radius 2 is 1.77 bits per heavy atom. The standard InChI is InChI=1S/C27H22ClNO6/c1-15-23(30)19-10-7-11-20(25(19)35-24(15)17-8-5-4-6-9-17)27(32)34-16(2)26(31)29-21-14-18(28)12-13-22(21)33-3/h4-14,16H,1-3H3,(H,29,31). The Kier molecular flexibility index (Phi) is 6.89. The molecule has 0 spiro atoms. The highest BCUT2D eigenvalue weighted by atomic mass is 35.5. The van der Waals surface area contributed by atoms with Crippen molar-refractivity contribution in [2.24, 2.45) is 0 Å². The van der Waals surface area contributed by atoms with Gasteiger partial charge in [0.2, 0.25) is 0 Å². The molecule has 1 atom stereocenters. The third-order valence-corrected chi connectivity index (χ3v) is 5.71. The van der Waals surface area contributed by atoms with Gasteiger partial charge in [0.1, 0.15) is 17.1 Å². The van der Waals surface area contributed by atoms with E-state index < -0.39 is 18.0 Å². The van der Waals surface area contributed by atoms with E-state index in [4.69, 9.17) is 25.5 Å². The van der Waals surface area contributed by atoms with Gasteiger partial charge in [0.25, 0.3) is 5.91 Å². The lowest BCUT2D eigenvalue weighted by molar-refractivity contribution is -0.123. The van der Waals surface area contributed by atoms with Crippen molar-refractivity contribution in [3.63, 3.8) is 0 Å². The Labute approximate surface area is 206 Å². The molecule has 4 rings (SSSR count). The Hall–Kier alpha value is -4.10. The molecule has 0 saturated carbocycles. The fourth-order valence-electron chi connectivity index (χ4n) is 3.63. The molecule has 1 amide bonds. The number of methoxy groups -OCH3 is 1. The maximum atomic E-state index is 13.0. The van der Waals surface area contributed by atoms with Crippen molar-refractivity contribution >= 4 is 40.1 Å². The zero-order valence-corrected chi connectivity index (χ0v) is 20.0. The first-order valence-corrected chi connectivity index (χ1v) is 11.1. The van der Waals surface area contributed by atoms with E-state index in [1.807, 2.05) is 30.3 Å². The van der Waals surface area contributed by atoms with Crippen molar-refractivity contribution in [2.45, 2.75) is 20.0 Å². The topological polar surface area (TPSA) is 94.8 Å². The van der Waals surface area contributed by atoms with Crippen molar-refractivity contribution in [1.29, 1.82) is 0 Å². The van der Waals surface area contributed by atoms with Crippen LogP contribution in [0.25, 0.3) is 22.3 Å². The highest BCUT2D eigenvalue weighted by molar-refractivity contribution is 6.31. The Bertz CT molecular complexity index is 1480. The summed E-state index contributed by atoms with van der Waals surface area (Å²) < 4.78 is 16.7. The van der Waals surface area contributed by atoms with Crippen LogP contribution in [0.5, 0.6) is 5.75 Å². The van der Waals surface area contributed by atoms with Crippen molar-refractivity contribution in [2.75, 3.05) is 12.4 Å². The zero-order chi connectivity index (χ0) is 25.1. The summed E-state index contributed by atoms with van der Waals surface area (Å²) in [6.45, 7) is 3.11. The van der Waals surface area contributed by atoms with E-state index in [1.165, 1.54) is 26.2 Å². The van der Waals surface area contributed by atoms with Gasteiger partial charge in [-0.15, -0.1) is 0 Å². The lowest BCUT2D eigenvalue weighted by Gasteiger charge is -2.16. The largest absolute Gasteiger partial charge is 0.495 e. The van der Waals surface area contributed by atoms with Gasteiger partial charge in [-0.2, -0.15) is 0 Å². The summed E-state index contributed by atoms with van der Waals surface area (Å²) in [5, 5.41) is 3.30. The molecule has 0 aliphatic carbocycles. The van der Waals surface area contributed by atoms with E-state index in [1.54, 1.807) is 31.2 Å². The number of rotatable bonds is 6. The monoisotopic (exact) mass is 491 g/mol. The predicted octanol–water partition coefficient (Wildman–Crippen LogP) is 5.61. The number of carbonyl (C=O) groups excluding carboxylic acids is 2. The van der Waals surface area contributed by atoms with Crippen LogP contribution < -0.4 is 15.5 Å². The number of nitrogens with one attached hydrogen (secondary N) is 1. The first-order chi connectivity index (χ1) is 16.8. The summed E-state index contributed by atoms with van der Waals surface area (Å²) in [6, 6.07) is 18.5. The normalized spacial score (nSPS) is 11.7. The molecule has 0 bridgehead atoms. The Balaban J connectivity index is 1.64. The minimum Gasteiger partial charge on any atom is -0.495 e. The van der Waals surface area contributed by atoms with Crippen molar-refractivity contribution < 1.29 is 23.5 Å². The van der Waals surface area contributed by atoms with Crippen molar-refractivity contribution in [3.8, 4) is 17.1 Å². The van der Waals surface area contributed by atoms with E-state index >= 15 is 0 Å². The molecule has 1 unspecified atom stereocenters. The maximum absolute atomic E-state index is 13.0. The molecule has 1 aromatic heterocycles. The highest BCUT2D eigenvalue weighted by Gasteiger charge is 2.24. The van der Waals surface area contributed by atoms with E-state index in [2.05, 4.69) is 5.32 Å². The van der Waals surface area contributed by atoms with Crippen LogP contribution in [0.1, 0.15) is 22.8 Å². The molecule has 0 saturated heterocycles. The molecule has 3 aromatic carbocycles. The second kappa shape index (κ2) is 10.0. The van der Waals surface area contributed by atoms with Crippen LogP contribution in [0.15, 0.2) is 75.9 Å². The molecular weight excluding hydrogens is 470 g/mol. The van der Waals surface area contributed by atoms with Gasteiger partial charge in [-0.05, 0) is 44.2 Å². The van der Waals surface area contributed by atoms with Gasteiger partial charge < -0.3 is 19.2 Å². The molecule has 7 nitrogen and oxygen atoms in total. The van der Waals surface area contributed by atoms with Crippen LogP contribution in [-0.4, -0.2) is 25.1 Å². The van der Waals surface area contributed by atoms with Gasteiger partial charge in [0.05, 0.1) is 18.2 Å². The summed E-state index contributed by atoms with van der Waals surface area (Å²) in [5.41, 5.74) is 1.35. The van der Waals surface area contributed by atoms with Gasteiger partial charge in [0, 0.05) is 16.1 Å². The molecule has 35 heavy (non-hydrogen) atoms. The number of halogens is 1. The molecule has 0 radical (unpaired) electrons. The minimum atomic E-state index is -1.16. The van der Waals surface area contributed by atoms with Crippen LogP contribution in [0, 0.1) is 6.92 Å². The van der Waals surface area contributed by atoms with Crippen LogP contribution in [-0.2, 0) is 9.53 Å². The van der Waals surface area contributed by atoms with Crippen LogP contribution in [0.3, 0.4) is 0 Å². The van der Waals surface area contributed by atoms with Crippen molar-refractivity contribution in [3.05, 3.63) is 93.1 Å². The quantitative estimate of drug-likeness (QED) is 0.352. The number of carbonyl (C=O) groups is 2. The summed E-state index contributed by atoms with van der Waals surface area (Å²) >= 11 is 6.01. The molecule has 8 heteroatoms. The van der Waals surface area contributed by atoms with Gasteiger partial charge in [-0.25, -0.2) is 4.79 Å². The average Bonchev–Trinajstić information content (AvgIpc) is 2.86. The van der Waals surface area contributed by atoms with E-state index in [0.717, 1.165) is 0 Å². The number of ether oxygens (including phenoxy) is 2. The number of fused-ring (bicyclic) bond motifs is 1. The first-order valence-electron chi connectivity index (χ1n) is 10.8. The first kappa shape index (κ1) is 24.0. The molecule has 1 heterocycles. The predicted molar refractivity (Wildman–Crippen MR) is 134 cm³/mol. The Morgan fingerprint density at radius 3 is 2.49 bits per heavy atom. The summed E-state index contributed by atoms with van der Waals surface area (Å²) in [4.78, 5) is 38.8. The zero-order valence-electron chi connectivity index (χ0n) is 19.3. The van der Waals surface area contributed by atoms with E-state index in [0.29, 0.717) is 33.3 Å². The smallest absolute Gasteiger partial charge is 0.342 e. The van der Waals surface area contributed by atoms with Gasteiger partial charge in [-0.3, -0.25) is 9.59 Å². The van der Waals surface area contributed by atoms with Gasteiger partial charge >= 0.3 is 5.97 Å². The molecule has 0 fully saturated rings. The fraction of sp³-hybridized carbons (Fsp3) is 0.148. The Morgan fingerprint density at radius 1 is 1.03 bits per heavy atom. The number of amides is 1. The lowest BCUT2D eigenvalue weighted by Crippen LogP contribution is -2.30. The molecular formula is C27H22ClNO6. The van der Waals surface area contributed by atoms with Gasteiger partial charge in [-0.1, -0.05) is 48.0 Å². The van der Waals surface area contributed by atoms with E-state index in [-0.39, 0.29) is 22.0 Å². The average molecular weight is 492 g/mol. The lowest BCUT2D eigenvalue weighted by atomic mass is 10.0. The second-order valence-electron chi connectivity index (χ2n) is 7.81. The summed E-state index contributed by atoms with van der Waals surface area (Å²) in [6.07, 6.45) is -1.16. The number of anilines is 1. The number of esters is 1. The van der Waals surface area contributed by atoms with Crippen molar-refractivity contribution in [1.82, 2.24) is 0 Å². The molecule has 4 aromatic rings. The van der Waals surface area contributed by atoms with Crippen LogP contribution in [0.2, 0.25) is 5.02 Å². The van der Waals surface area contributed by atoms with Crippen LogP contribution >= 0.6 is 11.6 Å². The third-order valence-electron chi connectivity index (χ3n) is 5.47. The number of hydrogen-bond acceptors (Lipinski definition) is 6. The molecule has 1 N–H and O–H groups in total. The summed E-state index contributed by atoms with van der Waals surface area (Å²) in [5.74, 6) is -0.619. The molecule has 0 aliphatic rings. The van der Waals surface area contributed by atoms with Gasteiger partial charge in [0.15, 0.2) is 17.1 Å². The number of benzene rings is 3. The molecule has 178 valence electrons. The summed E-state index contributed by atoms with van der Waals surface area (Å²) in [7, 11) is 1.46. The maximum Gasteiger partial charge on any atom is 0.342 e. The van der Waals surface area contributed by atoms with E-state index in [9.17, 15) is 14.4 Å².